The van der Waals surface area contributed by atoms with E-state index in [4.69, 9.17) is 4.74 Å². The number of carbonyl (C=O) groups is 2. The Morgan fingerprint density at radius 1 is 1.12 bits per heavy atom. The van der Waals surface area contributed by atoms with Crippen LogP contribution in [-0.4, -0.2) is 41.5 Å². The van der Waals surface area contributed by atoms with Gasteiger partial charge >= 0.3 is 0 Å². The lowest BCUT2D eigenvalue weighted by molar-refractivity contribution is -0.127. The number of carbonyl (C=O) groups excluding carboxylic acids is 2. The fourth-order valence-electron chi connectivity index (χ4n) is 4.26. The molecule has 1 aliphatic rings. The summed E-state index contributed by atoms with van der Waals surface area (Å²) in [7, 11) is 0. The second-order valence-electron chi connectivity index (χ2n) is 9.98. The zero-order valence-corrected chi connectivity index (χ0v) is 23.6. The fourth-order valence-corrected chi connectivity index (χ4v) is 4.53. The highest BCUT2D eigenvalue weighted by Gasteiger charge is 2.49. The molecule has 0 aliphatic heterocycles. The summed E-state index contributed by atoms with van der Waals surface area (Å²) >= 11 is 3.34. The van der Waals surface area contributed by atoms with Gasteiger partial charge in [0.15, 0.2) is 0 Å². The standard InChI is InChI=1S/C29H27BrF3N5O3/c1-16-2-3-17(13-34-27(40)29(15-31)8-9-29)10-21(16)36-28-37-22-11-20(24(12-23(22)38-28)41-14-25(32)33)26(39)35-19-6-4-18(30)5-7-19/h2-7,10-12,25H,8-9,13-15H2,1H3,(H,34,40)(H,35,39)(H2,36,37,38). The van der Waals surface area contributed by atoms with E-state index in [1.165, 1.54) is 12.1 Å². The van der Waals surface area contributed by atoms with Crippen LogP contribution in [0.25, 0.3) is 11.0 Å². The molecule has 0 atom stereocenters. The summed E-state index contributed by atoms with van der Waals surface area (Å²) in [4.78, 5) is 33.0. The quantitative estimate of drug-likeness (QED) is 0.149. The number of imidazole rings is 1. The van der Waals surface area contributed by atoms with Crippen LogP contribution in [0.4, 0.5) is 30.5 Å². The van der Waals surface area contributed by atoms with Crippen molar-refractivity contribution in [2.24, 2.45) is 5.41 Å². The molecule has 0 radical (unpaired) electrons. The van der Waals surface area contributed by atoms with Crippen molar-refractivity contribution < 1.29 is 27.5 Å². The number of aryl methyl sites for hydroxylation is 1. The maximum atomic E-state index is 13.2. The summed E-state index contributed by atoms with van der Waals surface area (Å²) in [6, 6.07) is 15.5. The number of rotatable bonds is 11. The number of nitrogens with one attached hydrogen (secondary N) is 4. The first-order valence-electron chi connectivity index (χ1n) is 12.9. The van der Waals surface area contributed by atoms with Crippen LogP contribution >= 0.6 is 15.9 Å². The minimum atomic E-state index is -2.73. The third-order valence-corrected chi connectivity index (χ3v) is 7.42. The summed E-state index contributed by atoms with van der Waals surface area (Å²) < 4.78 is 45.2. The van der Waals surface area contributed by atoms with Gasteiger partial charge in [0.2, 0.25) is 11.9 Å². The van der Waals surface area contributed by atoms with Crippen molar-refractivity contribution in [1.82, 2.24) is 15.3 Å². The van der Waals surface area contributed by atoms with E-state index in [1.807, 2.05) is 25.1 Å². The van der Waals surface area contributed by atoms with Crippen molar-refractivity contribution in [2.45, 2.75) is 32.7 Å². The molecule has 1 aliphatic carbocycles. The Balaban J connectivity index is 1.37. The zero-order chi connectivity index (χ0) is 29.1. The van der Waals surface area contributed by atoms with Crippen LogP contribution in [0.3, 0.4) is 0 Å². The molecule has 41 heavy (non-hydrogen) atoms. The molecule has 1 aromatic heterocycles. The van der Waals surface area contributed by atoms with Crippen LogP contribution in [0.5, 0.6) is 5.75 Å². The van der Waals surface area contributed by atoms with E-state index in [9.17, 15) is 22.8 Å². The molecule has 5 rings (SSSR count). The molecule has 1 saturated carbocycles. The summed E-state index contributed by atoms with van der Waals surface area (Å²) in [6.45, 7) is 0.608. The number of fused-ring (bicyclic) bond motifs is 1. The number of hydrogen-bond acceptors (Lipinski definition) is 5. The first-order valence-corrected chi connectivity index (χ1v) is 13.7. The molecule has 0 spiro atoms. The third kappa shape index (κ3) is 6.64. The first-order chi connectivity index (χ1) is 19.7. The van der Waals surface area contributed by atoms with E-state index < -0.39 is 31.0 Å². The molecule has 0 saturated heterocycles. The van der Waals surface area contributed by atoms with Gasteiger partial charge in [-0.25, -0.2) is 18.2 Å². The van der Waals surface area contributed by atoms with Crippen molar-refractivity contribution in [3.63, 3.8) is 0 Å². The molecule has 12 heteroatoms. The topological polar surface area (TPSA) is 108 Å². The SMILES string of the molecule is Cc1ccc(CNC(=O)C2(CF)CC2)cc1Nc1nc2cc(OCC(F)F)c(C(=O)Nc3ccc(Br)cc3)cc2[nH]1. The second-order valence-corrected chi connectivity index (χ2v) is 10.9. The largest absolute Gasteiger partial charge is 0.487 e. The number of nitrogens with zero attached hydrogens (tertiary/aromatic N) is 1. The predicted molar refractivity (Wildman–Crippen MR) is 154 cm³/mol. The van der Waals surface area contributed by atoms with Gasteiger partial charge in [-0.2, -0.15) is 0 Å². The Morgan fingerprint density at radius 2 is 1.88 bits per heavy atom. The summed E-state index contributed by atoms with van der Waals surface area (Å²) in [6.07, 6.45) is -1.61. The van der Waals surface area contributed by atoms with Gasteiger partial charge in [0.05, 0.1) is 22.0 Å². The van der Waals surface area contributed by atoms with Crippen LogP contribution in [0.15, 0.2) is 59.1 Å². The van der Waals surface area contributed by atoms with Gasteiger partial charge in [-0.3, -0.25) is 9.59 Å². The highest BCUT2D eigenvalue weighted by atomic mass is 79.9. The van der Waals surface area contributed by atoms with Crippen LogP contribution in [0.2, 0.25) is 0 Å². The highest BCUT2D eigenvalue weighted by Crippen LogP contribution is 2.46. The van der Waals surface area contributed by atoms with Gasteiger partial charge in [-0.05, 0) is 67.3 Å². The predicted octanol–water partition coefficient (Wildman–Crippen LogP) is 6.64. The van der Waals surface area contributed by atoms with Gasteiger partial charge in [0, 0.05) is 28.5 Å². The molecule has 214 valence electrons. The average Bonchev–Trinajstić information content (AvgIpc) is 3.66. The molecule has 0 bridgehead atoms. The van der Waals surface area contributed by atoms with Crippen molar-refractivity contribution in [1.29, 1.82) is 0 Å². The Hall–Kier alpha value is -4.06. The maximum Gasteiger partial charge on any atom is 0.272 e. The number of aromatic amines is 1. The zero-order valence-electron chi connectivity index (χ0n) is 22.0. The van der Waals surface area contributed by atoms with E-state index >= 15 is 0 Å². The van der Waals surface area contributed by atoms with Gasteiger partial charge in [0.25, 0.3) is 12.3 Å². The molecule has 2 amide bonds. The van der Waals surface area contributed by atoms with Gasteiger partial charge in [-0.15, -0.1) is 0 Å². The minimum absolute atomic E-state index is 0.0268. The molecule has 8 nitrogen and oxygen atoms in total. The smallest absolute Gasteiger partial charge is 0.272 e. The van der Waals surface area contributed by atoms with E-state index in [1.54, 1.807) is 24.3 Å². The number of hydrogen-bond donors (Lipinski definition) is 4. The number of amides is 2. The molecular weight excluding hydrogens is 603 g/mol. The van der Waals surface area contributed by atoms with E-state index in [-0.39, 0.29) is 23.8 Å². The van der Waals surface area contributed by atoms with Gasteiger partial charge < -0.3 is 25.7 Å². The third-order valence-electron chi connectivity index (χ3n) is 6.89. The van der Waals surface area contributed by atoms with E-state index in [2.05, 4.69) is 41.8 Å². The Morgan fingerprint density at radius 3 is 2.56 bits per heavy atom. The fraction of sp³-hybridized carbons (Fsp3) is 0.276. The summed E-state index contributed by atoms with van der Waals surface area (Å²) in [5, 5.41) is 8.76. The number of benzene rings is 3. The molecule has 1 heterocycles. The van der Waals surface area contributed by atoms with Crippen molar-refractivity contribution in [2.75, 3.05) is 23.9 Å². The van der Waals surface area contributed by atoms with Crippen LogP contribution in [0, 0.1) is 12.3 Å². The number of anilines is 3. The highest BCUT2D eigenvalue weighted by molar-refractivity contribution is 9.10. The molecule has 3 aromatic carbocycles. The lowest BCUT2D eigenvalue weighted by Crippen LogP contribution is -2.32. The van der Waals surface area contributed by atoms with Gasteiger partial charge in [-0.1, -0.05) is 28.1 Å². The van der Waals surface area contributed by atoms with Crippen LogP contribution < -0.4 is 20.7 Å². The first kappa shape index (κ1) is 28.5. The number of H-pyrrole nitrogens is 1. The molecule has 0 unspecified atom stereocenters. The van der Waals surface area contributed by atoms with Crippen molar-refractivity contribution in [3.05, 3.63) is 75.8 Å². The molecular formula is C29H27BrF3N5O3. The molecule has 4 aromatic rings. The van der Waals surface area contributed by atoms with E-state index in [0.29, 0.717) is 41.2 Å². The number of halogens is 4. The van der Waals surface area contributed by atoms with Crippen LogP contribution in [-0.2, 0) is 11.3 Å². The Bertz CT molecular complexity index is 1590. The summed E-state index contributed by atoms with van der Waals surface area (Å²) in [5.41, 5.74) is 3.03. The Kier molecular flexibility index (Phi) is 8.20. The van der Waals surface area contributed by atoms with E-state index in [0.717, 1.165) is 15.6 Å². The minimum Gasteiger partial charge on any atom is -0.487 e. The molecule has 4 N–H and O–H groups in total. The average molecular weight is 630 g/mol. The van der Waals surface area contributed by atoms with Crippen molar-refractivity contribution in [3.8, 4) is 5.75 Å². The maximum absolute atomic E-state index is 13.2. The number of ether oxygens (including phenoxy) is 1. The summed E-state index contributed by atoms with van der Waals surface area (Å²) in [5.74, 6) is -0.490. The molecule has 1 fully saturated rings. The van der Waals surface area contributed by atoms with Gasteiger partial charge in [0.1, 0.15) is 19.0 Å². The normalized spacial score (nSPS) is 13.7. The Labute approximate surface area is 242 Å². The second kappa shape index (κ2) is 11.8. The van der Waals surface area contributed by atoms with Crippen LogP contribution in [0.1, 0.15) is 34.3 Å². The number of alkyl halides is 3. The monoisotopic (exact) mass is 629 g/mol. The van der Waals surface area contributed by atoms with Crippen molar-refractivity contribution >= 4 is 56.1 Å². The lowest BCUT2D eigenvalue weighted by Gasteiger charge is -2.13. The number of aromatic nitrogens is 2. The lowest BCUT2D eigenvalue weighted by atomic mass is 10.1.